The standard InChI is InChI=1S/C19H29N3O2.2ClH/c1-15-4-2-3-5-17(15)14-21-8-10-22(11-9-21)19(23)18(20)16-6-12-24-13-7-16;;/h2-5,16,18H,6-14,20H2,1H3;2*1H. The number of piperazine rings is 1. The minimum atomic E-state index is -0.364. The van der Waals surface area contributed by atoms with E-state index in [-0.39, 0.29) is 42.7 Å². The summed E-state index contributed by atoms with van der Waals surface area (Å²) in [4.78, 5) is 17.0. The molecule has 3 rings (SSSR count). The first-order chi connectivity index (χ1) is 11.6. The van der Waals surface area contributed by atoms with Crippen LogP contribution in [-0.2, 0) is 16.1 Å². The second-order valence-corrected chi connectivity index (χ2v) is 7.00. The number of aryl methyl sites for hydroxylation is 1. The summed E-state index contributed by atoms with van der Waals surface area (Å²) in [5, 5.41) is 0. The van der Waals surface area contributed by atoms with Gasteiger partial charge in [0.1, 0.15) is 0 Å². The van der Waals surface area contributed by atoms with Gasteiger partial charge in [-0.25, -0.2) is 0 Å². The number of nitrogens with zero attached hydrogens (tertiary/aromatic N) is 2. The summed E-state index contributed by atoms with van der Waals surface area (Å²) in [5.74, 6) is 0.397. The lowest BCUT2D eigenvalue weighted by Crippen LogP contribution is -2.55. The van der Waals surface area contributed by atoms with Crippen LogP contribution in [0.1, 0.15) is 24.0 Å². The molecule has 1 atom stereocenters. The van der Waals surface area contributed by atoms with Gasteiger partial charge < -0.3 is 15.4 Å². The zero-order valence-electron chi connectivity index (χ0n) is 15.4. The Hall–Kier alpha value is -0.850. The fourth-order valence-electron chi connectivity index (χ4n) is 3.64. The van der Waals surface area contributed by atoms with E-state index in [1.165, 1.54) is 11.1 Å². The largest absolute Gasteiger partial charge is 0.381 e. The second-order valence-electron chi connectivity index (χ2n) is 7.00. The molecule has 2 fully saturated rings. The molecule has 148 valence electrons. The van der Waals surface area contributed by atoms with Gasteiger partial charge in [0.05, 0.1) is 6.04 Å². The highest BCUT2D eigenvalue weighted by atomic mass is 35.5. The lowest BCUT2D eigenvalue weighted by Gasteiger charge is -2.37. The average Bonchev–Trinajstić information content (AvgIpc) is 2.64. The maximum Gasteiger partial charge on any atom is 0.239 e. The maximum absolute atomic E-state index is 12.7. The summed E-state index contributed by atoms with van der Waals surface area (Å²) in [7, 11) is 0. The Morgan fingerprint density at radius 2 is 1.77 bits per heavy atom. The molecule has 0 saturated carbocycles. The third kappa shape index (κ3) is 5.83. The van der Waals surface area contributed by atoms with Crippen LogP contribution in [0.2, 0.25) is 0 Å². The van der Waals surface area contributed by atoms with Crippen molar-refractivity contribution in [2.75, 3.05) is 39.4 Å². The van der Waals surface area contributed by atoms with Crippen LogP contribution >= 0.6 is 24.8 Å². The van der Waals surface area contributed by atoms with Crippen molar-refractivity contribution in [3.8, 4) is 0 Å². The number of hydrogen-bond acceptors (Lipinski definition) is 4. The van der Waals surface area contributed by atoms with Gasteiger partial charge in [-0.05, 0) is 36.8 Å². The second kappa shape index (κ2) is 11.1. The minimum absolute atomic E-state index is 0. The summed E-state index contributed by atoms with van der Waals surface area (Å²) in [6, 6.07) is 8.15. The number of ether oxygens (including phenoxy) is 1. The third-order valence-electron chi connectivity index (χ3n) is 5.40. The van der Waals surface area contributed by atoms with Gasteiger partial charge in [-0.2, -0.15) is 0 Å². The number of hydrogen-bond donors (Lipinski definition) is 1. The van der Waals surface area contributed by atoms with Crippen LogP contribution in [0.5, 0.6) is 0 Å². The van der Waals surface area contributed by atoms with Gasteiger partial charge in [-0.1, -0.05) is 24.3 Å². The van der Waals surface area contributed by atoms with Gasteiger partial charge in [0.2, 0.25) is 5.91 Å². The van der Waals surface area contributed by atoms with Crippen molar-refractivity contribution in [3.05, 3.63) is 35.4 Å². The Balaban J connectivity index is 0.00000169. The molecule has 0 spiro atoms. The molecule has 2 N–H and O–H groups in total. The summed E-state index contributed by atoms with van der Waals surface area (Å²) in [6.07, 6.45) is 1.81. The summed E-state index contributed by atoms with van der Waals surface area (Å²) >= 11 is 0. The molecular formula is C19H31Cl2N3O2. The molecule has 7 heteroatoms. The van der Waals surface area contributed by atoms with Gasteiger partial charge in [-0.3, -0.25) is 9.69 Å². The predicted octanol–water partition coefficient (Wildman–Crippen LogP) is 2.24. The quantitative estimate of drug-likeness (QED) is 0.836. The molecule has 2 saturated heterocycles. The molecule has 5 nitrogen and oxygen atoms in total. The molecule has 0 aliphatic carbocycles. The van der Waals surface area contributed by atoms with E-state index < -0.39 is 0 Å². The topological polar surface area (TPSA) is 58.8 Å². The van der Waals surface area contributed by atoms with Crippen LogP contribution in [0, 0.1) is 12.8 Å². The lowest BCUT2D eigenvalue weighted by atomic mass is 9.91. The molecule has 0 aromatic heterocycles. The molecule has 2 aliphatic heterocycles. The molecule has 2 heterocycles. The normalized spacial score (nSPS) is 20.0. The number of carbonyl (C=O) groups is 1. The van der Waals surface area contributed by atoms with E-state index in [1.54, 1.807) is 0 Å². The van der Waals surface area contributed by atoms with Crippen molar-refractivity contribution in [2.24, 2.45) is 11.7 Å². The zero-order valence-corrected chi connectivity index (χ0v) is 17.1. The molecule has 0 bridgehead atoms. The van der Waals surface area contributed by atoms with Crippen molar-refractivity contribution in [1.82, 2.24) is 9.80 Å². The molecule has 1 aromatic carbocycles. The number of carbonyl (C=O) groups excluding carboxylic acids is 1. The van der Waals surface area contributed by atoms with E-state index >= 15 is 0 Å². The van der Waals surface area contributed by atoms with Crippen LogP contribution in [0.3, 0.4) is 0 Å². The molecular weight excluding hydrogens is 373 g/mol. The molecule has 1 aromatic rings. The van der Waals surface area contributed by atoms with Crippen LogP contribution in [0.4, 0.5) is 0 Å². The van der Waals surface area contributed by atoms with Crippen molar-refractivity contribution in [3.63, 3.8) is 0 Å². The summed E-state index contributed by atoms with van der Waals surface area (Å²) in [5.41, 5.74) is 8.94. The van der Waals surface area contributed by atoms with Gasteiger partial charge in [-0.15, -0.1) is 24.8 Å². The molecule has 1 unspecified atom stereocenters. The van der Waals surface area contributed by atoms with Crippen LogP contribution in [0.15, 0.2) is 24.3 Å². The number of amides is 1. The Kier molecular flexibility index (Phi) is 9.90. The Labute approximate surface area is 169 Å². The van der Waals surface area contributed by atoms with Crippen LogP contribution < -0.4 is 5.73 Å². The predicted molar refractivity (Wildman–Crippen MR) is 109 cm³/mol. The Morgan fingerprint density at radius 1 is 1.15 bits per heavy atom. The van der Waals surface area contributed by atoms with Gasteiger partial charge >= 0.3 is 0 Å². The number of halogens is 2. The molecule has 0 radical (unpaired) electrons. The van der Waals surface area contributed by atoms with E-state index in [4.69, 9.17) is 10.5 Å². The monoisotopic (exact) mass is 403 g/mol. The molecule has 1 amide bonds. The minimum Gasteiger partial charge on any atom is -0.381 e. The van der Waals surface area contributed by atoms with Crippen molar-refractivity contribution in [1.29, 1.82) is 0 Å². The highest BCUT2D eigenvalue weighted by molar-refractivity contribution is 5.85. The van der Waals surface area contributed by atoms with E-state index in [0.717, 1.165) is 58.8 Å². The zero-order chi connectivity index (χ0) is 16.9. The van der Waals surface area contributed by atoms with Gasteiger partial charge in [0.25, 0.3) is 0 Å². The highest BCUT2D eigenvalue weighted by Crippen LogP contribution is 2.20. The average molecular weight is 404 g/mol. The number of rotatable bonds is 4. The SMILES string of the molecule is Cc1ccccc1CN1CCN(C(=O)C(N)C2CCOCC2)CC1.Cl.Cl. The first-order valence-electron chi connectivity index (χ1n) is 9.04. The molecule has 26 heavy (non-hydrogen) atoms. The maximum atomic E-state index is 12.7. The Morgan fingerprint density at radius 3 is 2.38 bits per heavy atom. The summed E-state index contributed by atoms with van der Waals surface area (Å²) < 4.78 is 5.37. The molecule has 2 aliphatic rings. The first kappa shape index (κ1) is 23.2. The van der Waals surface area contributed by atoms with Crippen molar-refractivity contribution < 1.29 is 9.53 Å². The van der Waals surface area contributed by atoms with Crippen LogP contribution in [0.25, 0.3) is 0 Å². The Bertz CT molecular complexity index is 559. The van der Waals surface area contributed by atoms with E-state index in [9.17, 15) is 4.79 Å². The lowest BCUT2D eigenvalue weighted by molar-refractivity contribution is -0.136. The van der Waals surface area contributed by atoms with Crippen molar-refractivity contribution >= 4 is 30.7 Å². The number of nitrogens with two attached hydrogens (primary N) is 1. The fourth-order valence-corrected chi connectivity index (χ4v) is 3.64. The summed E-state index contributed by atoms with van der Waals surface area (Å²) in [6.45, 7) is 7.97. The number of benzene rings is 1. The highest BCUT2D eigenvalue weighted by Gasteiger charge is 2.31. The van der Waals surface area contributed by atoms with E-state index in [2.05, 4.69) is 36.1 Å². The van der Waals surface area contributed by atoms with E-state index in [0.29, 0.717) is 0 Å². The van der Waals surface area contributed by atoms with Gasteiger partial charge in [0.15, 0.2) is 0 Å². The fraction of sp³-hybridized carbons (Fsp3) is 0.632. The van der Waals surface area contributed by atoms with E-state index in [1.807, 2.05) is 4.90 Å². The van der Waals surface area contributed by atoms with Gasteiger partial charge in [0, 0.05) is 45.9 Å². The van der Waals surface area contributed by atoms with Crippen molar-refractivity contribution in [2.45, 2.75) is 32.4 Å². The van der Waals surface area contributed by atoms with Crippen LogP contribution in [-0.4, -0.2) is 61.1 Å². The smallest absolute Gasteiger partial charge is 0.239 e. The third-order valence-corrected chi connectivity index (χ3v) is 5.40. The first-order valence-corrected chi connectivity index (χ1v) is 9.04.